The predicted octanol–water partition coefficient (Wildman–Crippen LogP) is 3.86. The number of hydrogen-bond acceptors (Lipinski definition) is 1. The van der Waals surface area contributed by atoms with Gasteiger partial charge in [-0.15, -0.1) is 0 Å². The number of carbonyl (C=O) groups is 1. The van der Waals surface area contributed by atoms with Crippen molar-refractivity contribution in [3.05, 3.63) is 52.2 Å². The number of carbonyl (C=O) groups excluding carboxylic acids is 1. The van der Waals surface area contributed by atoms with Crippen molar-refractivity contribution in [2.75, 3.05) is 0 Å². The van der Waals surface area contributed by atoms with Gasteiger partial charge in [-0.2, -0.15) is 13.2 Å². The smallest absolute Gasteiger partial charge is 0.370 e. The van der Waals surface area contributed by atoms with E-state index in [-0.39, 0.29) is 6.42 Å². The first-order chi connectivity index (χ1) is 9.38. The van der Waals surface area contributed by atoms with E-state index in [2.05, 4.69) is 0 Å². The molecule has 2 N–H and O–H groups in total. The van der Waals surface area contributed by atoms with Crippen molar-refractivity contribution >= 4 is 16.4 Å². The van der Waals surface area contributed by atoms with Crippen LogP contribution in [0.5, 0.6) is 0 Å². The van der Waals surface area contributed by atoms with Gasteiger partial charge in [-0.1, -0.05) is 12.1 Å². The Labute approximate surface area is 117 Å². The Hall–Kier alpha value is -1.82. The molecular weight excluding hydrogens is 287 g/mol. The Kier molecular flexibility index (Phi) is 4.13. The molecule has 6 heteroatoms. The van der Waals surface area contributed by atoms with Crippen LogP contribution in [0.3, 0.4) is 0 Å². The zero-order valence-electron chi connectivity index (χ0n) is 10.5. The Morgan fingerprint density at radius 3 is 2.35 bits per heavy atom. The average Bonchev–Trinajstić information content (AvgIpc) is 2.86. The van der Waals surface area contributed by atoms with Crippen LogP contribution in [0.1, 0.15) is 16.9 Å². The number of rotatable bonds is 4. The maximum atomic E-state index is 12.8. The minimum Gasteiger partial charge on any atom is -0.370 e. The van der Waals surface area contributed by atoms with E-state index in [0.29, 0.717) is 11.3 Å². The second-order valence-electron chi connectivity index (χ2n) is 4.31. The van der Waals surface area contributed by atoms with Gasteiger partial charge in [0.15, 0.2) is 4.90 Å². The van der Waals surface area contributed by atoms with Gasteiger partial charge in [-0.3, -0.25) is 4.79 Å². The molecule has 20 heavy (non-hydrogen) atoms. The summed E-state index contributed by atoms with van der Waals surface area (Å²) in [6.45, 7) is 0. The molecule has 2 aromatic rings. The molecule has 1 aromatic heterocycles. The molecule has 1 atom stereocenters. The Morgan fingerprint density at radius 1 is 1.15 bits per heavy atom. The molecule has 0 fully saturated rings. The molecule has 2 rings (SSSR count). The normalized spacial score (nSPS) is 12.4. The fraction of sp³-hybridized carbons (Fsp3) is 0.214. The van der Waals surface area contributed by atoms with Gasteiger partial charge in [0.2, 0.25) is 5.91 Å². The molecule has 2 nitrogen and oxygen atoms in total. The molecule has 1 aromatic carbocycles. The number of thiophene rings is 1. The Morgan fingerprint density at radius 2 is 1.80 bits per heavy atom. The third-order valence-electron chi connectivity index (χ3n) is 2.82. The second-order valence-corrected chi connectivity index (χ2v) is 6.16. The highest BCUT2D eigenvalue weighted by atomic mass is 32.2. The van der Waals surface area contributed by atoms with Gasteiger partial charge in [0.25, 0.3) is 4.88 Å². The van der Waals surface area contributed by atoms with Gasteiger partial charge in [-0.25, -0.2) is 0 Å². The number of primary amides is 1. The number of alkyl halides is 3. The van der Waals surface area contributed by atoms with Crippen molar-refractivity contribution in [2.24, 2.45) is 5.73 Å². The van der Waals surface area contributed by atoms with Crippen LogP contribution in [0, 0.1) is 0 Å². The van der Waals surface area contributed by atoms with E-state index in [1.165, 1.54) is 6.07 Å². The summed E-state index contributed by atoms with van der Waals surface area (Å²) in [6.07, 6.45) is -3.57. The van der Waals surface area contributed by atoms with Crippen molar-refractivity contribution in [1.82, 2.24) is 0 Å². The highest BCUT2D eigenvalue weighted by Crippen LogP contribution is 2.44. The lowest BCUT2D eigenvalue weighted by Crippen LogP contribution is -2.11. The van der Waals surface area contributed by atoms with Crippen molar-refractivity contribution in [3.8, 4) is 4.90 Å². The minimum atomic E-state index is -4.31. The van der Waals surface area contributed by atoms with Crippen molar-refractivity contribution in [3.63, 3.8) is 0 Å². The van der Waals surface area contributed by atoms with Gasteiger partial charge in [0.1, 0.15) is 5.38 Å². The summed E-state index contributed by atoms with van der Waals surface area (Å²) in [4.78, 5) is 10.8. The van der Waals surface area contributed by atoms with Crippen molar-refractivity contribution in [2.45, 2.75) is 19.0 Å². The molecule has 0 spiro atoms. The first-order valence-electron chi connectivity index (χ1n) is 5.94. The molecule has 0 saturated carbocycles. The number of nitrogens with two attached hydrogens (primary N) is 1. The van der Waals surface area contributed by atoms with E-state index in [1.54, 1.807) is 29.6 Å². The number of halogens is 3. The first-order valence-corrected chi connectivity index (χ1v) is 7.23. The zero-order chi connectivity index (χ0) is 14.8. The van der Waals surface area contributed by atoms with Crippen LogP contribution < -0.4 is 5.73 Å². The monoisotopic (exact) mass is 300 g/mol. The van der Waals surface area contributed by atoms with E-state index in [9.17, 15) is 18.0 Å². The maximum Gasteiger partial charge on any atom is 0.466 e. The molecule has 1 unspecified atom stereocenters. The molecule has 0 bridgehead atoms. The zero-order valence-corrected chi connectivity index (χ0v) is 11.3. The molecule has 0 aliphatic carbocycles. The van der Waals surface area contributed by atoms with Gasteiger partial charge >= 0.3 is 6.18 Å². The van der Waals surface area contributed by atoms with Crippen LogP contribution in [-0.4, -0.2) is 5.91 Å². The molecule has 1 amide bonds. The van der Waals surface area contributed by atoms with Crippen LogP contribution in [0.4, 0.5) is 13.2 Å². The molecule has 0 saturated heterocycles. The Balaban J connectivity index is 2.22. The van der Waals surface area contributed by atoms with Crippen molar-refractivity contribution < 1.29 is 18.0 Å². The van der Waals surface area contributed by atoms with Crippen LogP contribution in [-0.2, 0) is 17.4 Å². The molecule has 0 aliphatic heterocycles. The number of amides is 1. The lowest BCUT2D eigenvalue weighted by molar-refractivity contribution is -0.134. The quantitative estimate of drug-likeness (QED) is 0.856. The van der Waals surface area contributed by atoms with Gasteiger partial charge < -0.3 is 5.73 Å². The lowest BCUT2D eigenvalue weighted by atomic mass is 10.1. The van der Waals surface area contributed by atoms with Gasteiger partial charge in [0, 0.05) is 23.0 Å². The largest absolute Gasteiger partial charge is 0.466 e. The third kappa shape index (κ3) is 3.39. The molecule has 0 radical (unpaired) electrons. The SMILES string of the molecule is NC(=O)CCc1ccc(-[s+]2cccc2C(F)(F)F)cc1. The van der Waals surface area contributed by atoms with E-state index < -0.39 is 27.4 Å². The highest BCUT2D eigenvalue weighted by molar-refractivity contribution is 7.38. The predicted molar refractivity (Wildman–Crippen MR) is 72.8 cm³/mol. The molecule has 0 aliphatic rings. The average molecular weight is 300 g/mol. The van der Waals surface area contributed by atoms with E-state index in [1.807, 2.05) is 0 Å². The summed E-state index contributed by atoms with van der Waals surface area (Å²) >= 11 is 0. The van der Waals surface area contributed by atoms with Crippen LogP contribution in [0.25, 0.3) is 4.90 Å². The molecule has 106 valence electrons. The standard InChI is InChI=1S/C14H12F3NOS/c15-14(16,17)12-2-1-9-20(12)11-6-3-10(4-7-11)5-8-13(18)19/h1-4,6-7,9H,5,8H2,(H-,18,19)/p+1. The summed E-state index contributed by atoms with van der Waals surface area (Å²) in [5.74, 6) is -0.392. The van der Waals surface area contributed by atoms with Crippen LogP contribution >= 0.6 is 10.5 Å². The summed E-state index contributed by atoms with van der Waals surface area (Å²) in [5.41, 5.74) is 5.94. The summed E-state index contributed by atoms with van der Waals surface area (Å²) in [5, 5.41) is 1.56. The maximum absolute atomic E-state index is 12.8. The van der Waals surface area contributed by atoms with Gasteiger partial charge in [-0.05, 0) is 30.2 Å². The van der Waals surface area contributed by atoms with E-state index in [4.69, 9.17) is 5.73 Å². The van der Waals surface area contributed by atoms with Crippen molar-refractivity contribution in [1.29, 1.82) is 0 Å². The fourth-order valence-electron chi connectivity index (χ4n) is 1.85. The number of aryl methyl sites for hydroxylation is 1. The second kappa shape index (κ2) is 5.66. The van der Waals surface area contributed by atoms with Gasteiger partial charge in [0.05, 0.1) is 0 Å². The fourth-order valence-corrected chi connectivity index (χ4v) is 3.54. The summed E-state index contributed by atoms with van der Waals surface area (Å²) < 4.78 is 38.5. The van der Waals surface area contributed by atoms with Crippen LogP contribution in [0.15, 0.2) is 41.8 Å². The lowest BCUT2D eigenvalue weighted by Gasteiger charge is -2.02. The van der Waals surface area contributed by atoms with E-state index in [0.717, 1.165) is 11.6 Å². The van der Waals surface area contributed by atoms with Crippen LogP contribution in [0.2, 0.25) is 0 Å². The number of hydrogen-bond donors (Lipinski definition) is 1. The Bertz CT molecular complexity index is 602. The summed E-state index contributed by atoms with van der Waals surface area (Å²) in [6, 6.07) is 9.39. The molecular formula is C14H13F3NOS+. The summed E-state index contributed by atoms with van der Waals surface area (Å²) in [7, 11) is -1.05. The highest BCUT2D eigenvalue weighted by Gasteiger charge is 2.41. The van der Waals surface area contributed by atoms with E-state index >= 15 is 0 Å². The topological polar surface area (TPSA) is 43.1 Å². The number of benzene rings is 1. The third-order valence-corrected chi connectivity index (χ3v) is 4.87. The molecule has 1 heterocycles. The minimum absolute atomic E-state index is 0.235. The first kappa shape index (κ1) is 14.6.